The molecule has 106 valence electrons. The van der Waals surface area contributed by atoms with Crippen LogP contribution in [-0.2, 0) is 37.1 Å². The Balaban J connectivity index is -0.000000414. The molecular formula is C16H12CrO3S. The van der Waals surface area contributed by atoms with Crippen molar-refractivity contribution in [2.75, 3.05) is 0 Å². The molecule has 0 spiro atoms. The van der Waals surface area contributed by atoms with Gasteiger partial charge in [0, 0.05) is 28.0 Å². The molecule has 0 fully saturated rings. The molecule has 0 atom stereocenters. The van der Waals surface area contributed by atoms with Crippen molar-refractivity contribution in [3.8, 4) is 0 Å². The maximum atomic E-state index is 7.50. The minimum atomic E-state index is 0. The molecule has 21 heavy (non-hydrogen) atoms. The van der Waals surface area contributed by atoms with Crippen LogP contribution in [0.2, 0.25) is 0 Å². The van der Waals surface area contributed by atoms with Crippen LogP contribution in [0.5, 0.6) is 0 Å². The second-order valence-electron chi connectivity index (χ2n) is 3.09. The first-order valence-electron chi connectivity index (χ1n) is 5.28. The molecule has 0 radical (unpaired) electrons. The fraction of sp³-hybridized carbons (Fsp3) is 0.0625. The molecule has 0 aliphatic carbocycles. The van der Waals surface area contributed by atoms with E-state index in [0.717, 1.165) is 5.75 Å². The van der Waals surface area contributed by atoms with Crippen LogP contribution < -0.4 is 0 Å². The summed E-state index contributed by atoms with van der Waals surface area (Å²) in [5.41, 5.74) is 1.38. The fourth-order valence-electron chi connectivity index (χ4n) is 1.26. The SMILES string of the molecule is [C-]#[O+].[C-]#[O+].[C-]#[O+].[Cr].c1ccc(CSc2ccccc2)cc1. The maximum Gasteiger partial charge on any atom is 0.0231 e. The summed E-state index contributed by atoms with van der Waals surface area (Å²) in [6.45, 7) is 13.5. The van der Waals surface area contributed by atoms with Crippen molar-refractivity contribution in [2.24, 2.45) is 0 Å². The molecule has 0 saturated heterocycles. The van der Waals surface area contributed by atoms with Crippen molar-refractivity contribution in [2.45, 2.75) is 10.6 Å². The molecule has 0 saturated carbocycles. The van der Waals surface area contributed by atoms with Gasteiger partial charge < -0.3 is 0 Å². The van der Waals surface area contributed by atoms with Gasteiger partial charge in [-0.15, -0.1) is 11.8 Å². The molecule has 0 unspecified atom stereocenters. The summed E-state index contributed by atoms with van der Waals surface area (Å²) in [5.74, 6) is 1.05. The van der Waals surface area contributed by atoms with E-state index >= 15 is 0 Å². The van der Waals surface area contributed by atoms with Gasteiger partial charge in [0.25, 0.3) is 0 Å². The second kappa shape index (κ2) is 20.9. The first kappa shape index (κ1) is 24.6. The molecule has 0 N–H and O–H groups in total. The standard InChI is InChI=1S/C13H12S.3CO.Cr/c1-3-7-12(8-4-1)11-14-13-9-5-2-6-10-13;3*1-2;/h1-10H,11H2;;;;. The normalized spacial score (nSPS) is 6.95. The Morgan fingerprint density at radius 2 is 1.05 bits per heavy atom. The number of hydrogen-bond donors (Lipinski definition) is 0. The van der Waals surface area contributed by atoms with E-state index in [9.17, 15) is 0 Å². The van der Waals surface area contributed by atoms with Crippen molar-refractivity contribution < 1.29 is 31.3 Å². The molecule has 2 aromatic carbocycles. The smallest absolute Gasteiger partial charge is 0.0231 e. The molecule has 0 aliphatic heterocycles. The quantitative estimate of drug-likeness (QED) is 0.477. The fourth-order valence-corrected chi connectivity index (χ4v) is 2.13. The van der Waals surface area contributed by atoms with Gasteiger partial charge in [0.05, 0.1) is 0 Å². The topological polar surface area (TPSA) is 59.7 Å². The number of benzene rings is 2. The largest absolute Gasteiger partial charge is 0.121 e. The zero-order valence-electron chi connectivity index (χ0n) is 11.0. The predicted molar refractivity (Wildman–Crippen MR) is 74.2 cm³/mol. The van der Waals surface area contributed by atoms with Gasteiger partial charge in [-0.2, -0.15) is 0 Å². The van der Waals surface area contributed by atoms with Crippen LogP contribution in [0.15, 0.2) is 65.6 Å². The van der Waals surface area contributed by atoms with E-state index in [1.807, 2.05) is 17.8 Å². The van der Waals surface area contributed by atoms with Crippen molar-refractivity contribution in [3.63, 3.8) is 0 Å². The van der Waals surface area contributed by atoms with E-state index in [1.54, 1.807) is 0 Å². The molecule has 2 aromatic rings. The molecule has 3 nitrogen and oxygen atoms in total. The van der Waals surface area contributed by atoms with Crippen molar-refractivity contribution in [1.29, 1.82) is 0 Å². The van der Waals surface area contributed by atoms with Gasteiger partial charge in [-0.25, -0.2) is 0 Å². The van der Waals surface area contributed by atoms with Gasteiger partial charge in [0.15, 0.2) is 0 Å². The molecule has 5 heteroatoms. The van der Waals surface area contributed by atoms with Gasteiger partial charge >= 0.3 is 33.9 Å². The van der Waals surface area contributed by atoms with Gasteiger partial charge in [-0.05, 0) is 17.7 Å². The molecule has 0 bridgehead atoms. The average molecular weight is 336 g/mol. The molecule has 2 rings (SSSR count). The molecule has 0 aromatic heterocycles. The summed E-state index contributed by atoms with van der Waals surface area (Å²) in [4.78, 5) is 1.33. The third kappa shape index (κ3) is 13.3. The molecule has 0 amide bonds. The summed E-state index contributed by atoms with van der Waals surface area (Å²) in [6.07, 6.45) is 0. The Morgan fingerprint density at radius 1 is 0.667 bits per heavy atom. The van der Waals surface area contributed by atoms with Crippen LogP contribution in [0.3, 0.4) is 0 Å². The Morgan fingerprint density at radius 3 is 1.48 bits per heavy atom. The number of thioether (sulfide) groups is 1. The average Bonchev–Trinajstić information content (AvgIpc) is 2.60. The van der Waals surface area contributed by atoms with Crippen LogP contribution in [0.1, 0.15) is 5.56 Å². The van der Waals surface area contributed by atoms with Crippen molar-refractivity contribution >= 4 is 11.8 Å². The summed E-state index contributed by atoms with van der Waals surface area (Å²) in [5, 5.41) is 0. The van der Waals surface area contributed by atoms with Gasteiger partial charge in [0.2, 0.25) is 0 Å². The first-order chi connectivity index (χ1) is 9.95. The zero-order valence-corrected chi connectivity index (χ0v) is 13.1. The maximum absolute atomic E-state index is 7.50. The van der Waals surface area contributed by atoms with Crippen LogP contribution >= 0.6 is 11.8 Å². The monoisotopic (exact) mass is 336 g/mol. The molecule has 0 heterocycles. The molecule has 0 aliphatic rings. The van der Waals surface area contributed by atoms with Crippen LogP contribution in [0, 0.1) is 20.0 Å². The van der Waals surface area contributed by atoms with E-state index in [2.05, 4.69) is 74.5 Å². The Hall–Kier alpha value is -1.46. The van der Waals surface area contributed by atoms with Crippen LogP contribution in [-0.4, -0.2) is 0 Å². The van der Waals surface area contributed by atoms with Crippen LogP contribution in [0.25, 0.3) is 0 Å². The number of hydrogen-bond acceptors (Lipinski definition) is 1. The molecular weight excluding hydrogens is 324 g/mol. The van der Waals surface area contributed by atoms with Crippen LogP contribution in [0.4, 0.5) is 0 Å². The van der Waals surface area contributed by atoms with Gasteiger partial charge in [0.1, 0.15) is 0 Å². The number of rotatable bonds is 3. The minimum Gasteiger partial charge on any atom is -0.121 e. The van der Waals surface area contributed by atoms with Crippen molar-refractivity contribution in [1.82, 2.24) is 0 Å². The van der Waals surface area contributed by atoms with E-state index in [0.29, 0.717) is 0 Å². The van der Waals surface area contributed by atoms with E-state index in [1.165, 1.54) is 10.5 Å². The Labute approximate surface area is 140 Å². The van der Waals surface area contributed by atoms with Gasteiger partial charge in [-0.3, -0.25) is 0 Å². The third-order valence-electron chi connectivity index (χ3n) is 1.99. The summed E-state index contributed by atoms with van der Waals surface area (Å²) >= 11 is 1.87. The zero-order chi connectivity index (χ0) is 15.6. The van der Waals surface area contributed by atoms with E-state index in [4.69, 9.17) is 14.0 Å². The summed E-state index contributed by atoms with van der Waals surface area (Å²) in [7, 11) is 0. The van der Waals surface area contributed by atoms with Gasteiger partial charge in [-0.1, -0.05) is 48.5 Å². The summed E-state index contributed by atoms with van der Waals surface area (Å²) in [6, 6.07) is 21.0. The Bertz CT molecular complexity index is 441. The van der Waals surface area contributed by atoms with E-state index < -0.39 is 0 Å². The minimum absolute atomic E-state index is 0. The Kier molecular flexibility index (Phi) is 24.4. The van der Waals surface area contributed by atoms with E-state index in [-0.39, 0.29) is 17.4 Å². The van der Waals surface area contributed by atoms with Crippen molar-refractivity contribution in [3.05, 3.63) is 86.2 Å². The third-order valence-corrected chi connectivity index (χ3v) is 3.07. The predicted octanol–water partition coefficient (Wildman–Crippen LogP) is 3.86. The second-order valence-corrected chi connectivity index (χ2v) is 4.14. The summed E-state index contributed by atoms with van der Waals surface area (Å²) < 4.78 is 22.5. The first-order valence-corrected chi connectivity index (χ1v) is 6.27.